The molecule has 1 aromatic rings. The Morgan fingerprint density at radius 3 is 2.04 bits per heavy atom. The summed E-state index contributed by atoms with van der Waals surface area (Å²) in [4.78, 5) is 32.2. The number of rotatable bonds is 7. The lowest BCUT2D eigenvalue weighted by atomic mass is 10.0. The van der Waals surface area contributed by atoms with Crippen LogP contribution < -0.4 is 0 Å². The predicted molar refractivity (Wildman–Crippen MR) is 83.6 cm³/mol. The maximum atomic E-state index is 12.1. The minimum absolute atomic E-state index is 0.122. The molecule has 0 bridgehead atoms. The van der Waals surface area contributed by atoms with Crippen LogP contribution in [-0.4, -0.2) is 42.7 Å². The van der Waals surface area contributed by atoms with E-state index in [1.165, 1.54) is 12.1 Å². The Morgan fingerprint density at radius 1 is 1.12 bits per heavy atom. The molecule has 0 radical (unpaired) electrons. The second-order valence-electron chi connectivity index (χ2n) is 5.87. The minimum Gasteiger partial charge on any atom is -0.297 e. The zero-order valence-corrected chi connectivity index (χ0v) is 14.0. The topological polar surface area (TPSA) is 147 Å². The molecule has 1 fully saturated rings. The van der Waals surface area contributed by atoms with Gasteiger partial charge in [0.05, 0.1) is 4.90 Å². The van der Waals surface area contributed by atoms with E-state index in [0.29, 0.717) is 0 Å². The zero-order chi connectivity index (χ0) is 18.8. The van der Waals surface area contributed by atoms with Gasteiger partial charge >= 0.3 is 0 Å². The Balaban J connectivity index is 2.02. The van der Waals surface area contributed by atoms with Crippen LogP contribution in [0.15, 0.2) is 29.2 Å². The van der Waals surface area contributed by atoms with Gasteiger partial charge in [-0.15, -0.1) is 0 Å². The summed E-state index contributed by atoms with van der Waals surface area (Å²) in [5.41, 5.74) is 0.845. The molecule has 2 atom stereocenters. The molecule has 25 heavy (non-hydrogen) atoms. The van der Waals surface area contributed by atoms with Gasteiger partial charge in [0.1, 0.15) is 6.61 Å². The van der Waals surface area contributed by atoms with E-state index in [4.69, 9.17) is 4.18 Å². The third-order valence-corrected chi connectivity index (χ3v) is 5.44. The molecular formula is C14H16N2O8S. The van der Waals surface area contributed by atoms with Crippen molar-refractivity contribution in [2.45, 2.75) is 36.7 Å². The summed E-state index contributed by atoms with van der Waals surface area (Å²) in [5, 5.41) is 21.8. The number of ketones is 1. The molecule has 0 N–H and O–H groups in total. The van der Waals surface area contributed by atoms with Gasteiger partial charge in [-0.25, -0.2) is 0 Å². The van der Waals surface area contributed by atoms with Crippen molar-refractivity contribution in [3.8, 4) is 0 Å². The van der Waals surface area contributed by atoms with E-state index >= 15 is 0 Å². The third-order valence-electron chi connectivity index (χ3n) is 4.16. The van der Waals surface area contributed by atoms with E-state index in [0.717, 1.165) is 5.56 Å². The van der Waals surface area contributed by atoms with Crippen LogP contribution >= 0.6 is 0 Å². The molecule has 10 nitrogen and oxygen atoms in total. The number of nitrogens with zero attached hydrogens (tertiary/aromatic N) is 2. The highest BCUT2D eigenvalue weighted by atomic mass is 32.2. The molecule has 2 rings (SSSR count). The van der Waals surface area contributed by atoms with Crippen LogP contribution in [0.5, 0.6) is 0 Å². The average molecular weight is 372 g/mol. The van der Waals surface area contributed by atoms with Crippen molar-refractivity contribution in [2.24, 2.45) is 5.92 Å². The number of aryl methyl sites for hydroxylation is 1. The van der Waals surface area contributed by atoms with Gasteiger partial charge in [0, 0.05) is 28.6 Å². The van der Waals surface area contributed by atoms with Gasteiger partial charge in [0.25, 0.3) is 22.2 Å². The molecule has 0 amide bonds. The molecule has 0 aromatic heterocycles. The van der Waals surface area contributed by atoms with E-state index in [2.05, 4.69) is 0 Å². The second-order valence-corrected chi connectivity index (χ2v) is 7.48. The number of Topliss-reactive ketones (excluding diaryl/α,β-unsaturated/α-hetero) is 1. The normalized spacial score (nSPS) is 23.3. The Kier molecular flexibility index (Phi) is 5.48. The van der Waals surface area contributed by atoms with Crippen LogP contribution in [0.1, 0.15) is 18.4 Å². The quantitative estimate of drug-likeness (QED) is 0.391. The first-order valence-electron chi connectivity index (χ1n) is 7.37. The number of carbonyl (C=O) groups excluding carboxylic acids is 1. The number of carbonyl (C=O) groups is 1. The van der Waals surface area contributed by atoms with Crippen LogP contribution in [0.3, 0.4) is 0 Å². The fourth-order valence-corrected chi connectivity index (χ4v) is 3.61. The summed E-state index contributed by atoms with van der Waals surface area (Å²) in [6.07, 6.45) is -0.600. The van der Waals surface area contributed by atoms with Crippen LogP contribution in [-0.2, 0) is 19.1 Å². The Hall–Kier alpha value is -2.40. The number of hydrogen-bond donors (Lipinski definition) is 0. The van der Waals surface area contributed by atoms with Gasteiger partial charge in [-0.3, -0.25) is 29.2 Å². The zero-order valence-electron chi connectivity index (χ0n) is 13.2. The highest BCUT2D eigenvalue weighted by Crippen LogP contribution is 2.31. The van der Waals surface area contributed by atoms with E-state index in [1.807, 2.05) is 0 Å². The molecule has 1 saturated carbocycles. The molecule has 11 heteroatoms. The second kappa shape index (κ2) is 7.23. The van der Waals surface area contributed by atoms with Crippen molar-refractivity contribution >= 4 is 15.9 Å². The molecule has 0 saturated heterocycles. The molecule has 1 aliphatic carbocycles. The van der Waals surface area contributed by atoms with Crippen molar-refractivity contribution in [1.29, 1.82) is 0 Å². The summed E-state index contributed by atoms with van der Waals surface area (Å²) in [7, 11) is -4.15. The van der Waals surface area contributed by atoms with Crippen LogP contribution in [0.2, 0.25) is 0 Å². The minimum atomic E-state index is -4.15. The average Bonchev–Trinajstić information content (AvgIpc) is 2.99. The van der Waals surface area contributed by atoms with Gasteiger partial charge in [0.2, 0.25) is 0 Å². The van der Waals surface area contributed by atoms with Crippen molar-refractivity contribution in [3.05, 3.63) is 50.1 Å². The summed E-state index contributed by atoms with van der Waals surface area (Å²) < 4.78 is 28.7. The molecule has 0 spiro atoms. The summed E-state index contributed by atoms with van der Waals surface area (Å²) in [6.45, 7) is 0.966. The van der Waals surface area contributed by atoms with Crippen LogP contribution in [0, 0.1) is 33.1 Å². The van der Waals surface area contributed by atoms with Gasteiger partial charge < -0.3 is 0 Å². The monoisotopic (exact) mass is 372 g/mol. The van der Waals surface area contributed by atoms with E-state index in [9.17, 15) is 33.4 Å². The molecule has 1 aliphatic rings. The van der Waals surface area contributed by atoms with Crippen molar-refractivity contribution in [1.82, 2.24) is 0 Å². The summed E-state index contributed by atoms with van der Waals surface area (Å²) in [6, 6.07) is 2.87. The van der Waals surface area contributed by atoms with Gasteiger partial charge in [-0.05, 0) is 19.1 Å². The fraction of sp³-hybridized carbons (Fsp3) is 0.500. The fourth-order valence-electron chi connectivity index (χ4n) is 2.74. The van der Waals surface area contributed by atoms with Crippen LogP contribution in [0.25, 0.3) is 0 Å². The number of benzene rings is 1. The highest BCUT2D eigenvalue weighted by Gasteiger charge is 2.52. The third kappa shape index (κ3) is 4.37. The van der Waals surface area contributed by atoms with E-state index in [1.54, 1.807) is 19.1 Å². The van der Waals surface area contributed by atoms with Gasteiger partial charge in [-0.1, -0.05) is 17.7 Å². The summed E-state index contributed by atoms with van der Waals surface area (Å²) >= 11 is 0. The predicted octanol–water partition coefficient (Wildman–Crippen LogP) is 0.970. The first kappa shape index (κ1) is 18.9. The molecule has 1 aromatic carbocycles. The van der Waals surface area contributed by atoms with E-state index < -0.39 is 50.4 Å². The highest BCUT2D eigenvalue weighted by molar-refractivity contribution is 7.86. The van der Waals surface area contributed by atoms with Gasteiger partial charge in [-0.2, -0.15) is 8.42 Å². The first-order chi connectivity index (χ1) is 11.6. The van der Waals surface area contributed by atoms with Crippen molar-refractivity contribution in [3.63, 3.8) is 0 Å². The SMILES string of the molecule is Cc1ccc(S(=O)(=O)OCC(=O)C2CC([N+](=O)[O-])C([N+](=O)[O-])C2)cc1. The smallest absolute Gasteiger partial charge is 0.297 e. The number of nitro groups is 2. The molecular weight excluding hydrogens is 356 g/mol. The molecule has 2 unspecified atom stereocenters. The standard InChI is InChI=1S/C14H16N2O8S/c1-9-2-4-11(5-3-9)25(22,23)24-8-14(17)10-6-12(15(18)19)13(7-10)16(20)21/h2-5,10,12-13H,6-8H2,1H3. The van der Waals surface area contributed by atoms with Gasteiger partial charge in [0.15, 0.2) is 5.78 Å². The summed E-state index contributed by atoms with van der Waals surface area (Å²) in [5.74, 6) is -1.68. The lowest BCUT2D eigenvalue weighted by Crippen LogP contribution is -2.34. The Bertz CT molecular complexity index is 768. The lowest BCUT2D eigenvalue weighted by molar-refractivity contribution is -0.611. The Morgan fingerprint density at radius 2 is 1.60 bits per heavy atom. The molecule has 136 valence electrons. The molecule has 0 heterocycles. The van der Waals surface area contributed by atoms with Crippen molar-refractivity contribution in [2.75, 3.05) is 6.61 Å². The van der Waals surface area contributed by atoms with E-state index in [-0.39, 0.29) is 17.7 Å². The Labute approximate surface area is 143 Å². The van der Waals surface area contributed by atoms with Crippen LogP contribution in [0.4, 0.5) is 0 Å². The largest absolute Gasteiger partial charge is 0.297 e. The maximum absolute atomic E-state index is 12.1. The maximum Gasteiger partial charge on any atom is 0.297 e. The lowest BCUT2D eigenvalue weighted by Gasteiger charge is -2.08. The first-order valence-corrected chi connectivity index (χ1v) is 8.78. The van der Waals surface area contributed by atoms with Crippen molar-refractivity contribution < 1.29 is 27.2 Å². The number of hydrogen-bond acceptors (Lipinski definition) is 8. The molecule has 0 aliphatic heterocycles.